The third-order valence-electron chi connectivity index (χ3n) is 3.30. The zero-order valence-corrected chi connectivity index (χ0v) is 7.86. The highest BCUT2D eigenvalue weighted by molar-refractivity contribution is 5.65. The SMILES string of the molecule is CC1(N)C[C@H]2CN(C(=O)O)C[C@H]2C1. The van der Waals surface area contributed by atoms with E-state index in [-0.39, 0.29) is 5.54 Å². The zero-order valence-electron chi connectivity index (χ0n) is 7.86. The second-order valence-corrected chi connectivity index (χ2v) is 4.77. The molecule has 74 valence electrons. The summed E-state index contributed by atoms with van der Waals surface area (Å²) in [6.07, 6.45) is 1.16. The van der Waals surface area contributed by atoms with Crippen LogP contribution in [0.2, 0.25) is 0 Å². The summed E-state index contributed by atoms with van der Waals surface area (Å²) < 4.78 is 0. The van der Waals surface area contributed by atoms with Crippen LogP contribution in [0.3, 0.4) is 0 Å². The van der Waals surface area contributed by atoms with Gasteiger partial charge < -0.3 is 15.7 Å². The predicted molar refractivity (Wildman–Crippen MR) is 48.4 cm³/mol. The van der Waals surface area contributed by atoms with E-state index in [1.165, 1.54) is 4.90 Å². The summed E-state index contributed by atoms with van der Waals surface area (Å²) in [6.45, 7) is 3.44. The molecule has 2 rings (SSSR count). The molecule has 0 aromatic rings. The smallest absolute Gasteiger partial charge is 0.407 e. The number of carboxylic acid groups (broad SMARTS) is 1. The Balaban J connectivity index is 2.01. The molecule has 0 spiro atoms. The summed E-state index contributed by atoms with van der Waals surface area (Å²) in [7, 11) is 0. The maximum absolute atomic E-state index is 10.7. The Morgan fingerprint density at radius 2 is 1.92 bits per heavy atom. The second kappa shape index (κ2) is 2.61. The van der Waals surface area contributed by atoms with Gasteiger partial charge in [-0.15, -0.1) is 0 Å². The largest absolute Gasteiger partial charge is 0.465 e. The van der Waals surface area contributed by atoms with Crippen molar-refractivity contribution in [2.45, 2.75) is 25.3 Å². The van der Waals surface area contributed by atoms with E-state index in [4.69, 9.17) is 10.8 Å². The van der Waals surface area contributed by atoms with E-state index in [1.54, 1.807) is 0 Å². The molecule has 1 unspecified atom stereocenters. The monoisotopic (exact) mass is 184 g/mol. The fourth-order valence-electron chi connectivity index (χ4n) is 2.84. The zero-order chi connectivity index (χ0) is 9.64. The Hall–Kier alpha value is -0.770. The van der Waals surface area contributed by atoms with Gasteiger partial charge in [0.1, 0.15) is 0 Å². The lowest BCUT2D eigenvalue weighted by Crippen LogP contribution is -2.36. The van der Waals surface area contributed by atoms with E-state index < -0.39 is 6.09 Å². The van der Waals surface area contributed by atoms with Gasteiger partial charge in [-0.1, -0.05) is 0 Å². The van der Waals surface area contributed by atoms with Gasteiger partial charge >= 0.3 is 6.09 Å². The van der Waals surface area contributed by atoms with Crippen LogP contribution in [0.5, 0.6) is 0 Å². The van der Waals surface area contributed by atoms with Crippen LogP contribution in [0.15, 0.2) is 0 Å². The minimum Gasteiger partial charge on any atom is -0.465 e. The summed E-state index contributed by atoms with van der Waals surface area (Å²) in [4.78, 5) is 12.2. The maximum atomic E-state index is 10.7. The molecule has 0 bridgehead atoms. The van der Waals surface area contributed by atoms with Crippen molar-refractivity contribution in [3.63, 3.8) is 0 Å². The summed E-state index contributed by atoms with van der Waals surface area (Å²) in [5, 5.41) is 8.79. The van der Waals surface area contributed by atoms with Gasteiger partial charge in [0.05, 0.1) is 0 Å². The van der Waals surface area contributed by atoms with Crippen molar-refractivity contribution in [3.05, 3.63) is 0 Å². The van der Waals surface area contributed by atoms with Gasteiger partial charge in [0.25, 0.3) is 0 Å². The number of hydrogen-bond acceptors (Lipinski definition) is 2. The van der Waals surface area contributed by atoms with Crippen LogP contribution >= 0.6 is 0 Å². The molecule has 0 aromatic carbocycles. The third kappa shape index (κ3) is 1.50. The molecule has 1 saturated carbocycles. The minimum atomic E-state index is -0.784. The number of likely N-dealkylation sites (tertiary alicyclic amines) is 1. The van der Waals surface area contributed by atoms with Crippen LogP contribution in [0.4, 0.5) is 4.79 Å². The van der Waals surface area contributed by atoms with Gasteiger partial charge in [0.15, 0.2) is 0 Å². The van der Waals surface area contributed by atoms with Crippen LogP contribution in [0.25, 0.3) is 0 Å². The molecule has 1 aliphatic heterocycles. The fraction of sp³-hybridized carbons (Fsp3) is 0.889. The highest BCUT2D eigenvalue weighted by Crippen LogP contribution is 2.42. The number of fused-ring (bicyclic) bond motifs is 1. The number of amides is 1. The Kier molecular flexibility index (Phi) is 1.77. The standard InChI is InChI=1S/C9H16N2O2/c1-9(10)2-6-4-11(8(12)13)5-7(6)3-9/h6-7H,2-5,10H2,1H3,(H,12,13)/t6-,7+,9?. The van der Waals surface area contributed by atoms with Crippen LogP contribution in [0, 0.1) is 11.8 Å². The molecule has 3 N–H and O–H groups in total. The Bertz CT molecular complexity index is 224. The number of nitrogens with two attached hydrogens (primary N) is 1. The average Bonchev–Trinajstić information content (AvgIpc) is 2.39. The first-order valence-corrected chi connectivity index (χ1v) is 4.75. The Morgan fingerprint density at radius 1 is 1.46 bits per heavy atom. The van der Waals surface area contributed by atoms with E-state index in [0.29, 0.717) is 24.9 Å². The van der Waals surface area contributed by atoms with Gasteiger partial charge in [-0.2, -0.15) is 0 Å². The number of carbonyl (C=O) groups is 1. The van der Waals surface area contributed by atoms with Crippen molar-refractivity contribution in [3.8, 4) is 0 Å². The Labute approximate surface area is 77.7 Å². The molecule has 2 fully saturated rings. The minimum absolute atomic E-state index is 0.0556. The molecule has 0 aromatic heterocycles. The van der Waals surface area contributed by atoms with Crippen molar-refractivity contribution >= 4 is 6.09 Å². The van der Waals surface area contributed by atoms with Crippen LogP contribution < -0.4 is 5.73 Å². The highest BCUT2D eigenvalue weighted by Gasteiger charge is 2.45. The van der Waals surface area contributed by atoms with E-state index in [2.05, 4.69) is 6.92 Å². The van der Waals surface area contributed by atoms with Gasteiger partial charge in [0, 0.05) is 18.6 Å². The molecule has 1 aliphatic carbocycles. The van der Waals surface area contributed by atoms with Crippen molar-refractivity contribution in [2.75, 3.05) is 13.1 Å². The average molecular weight is 184 g/mol. The maximum Gasteiger partial charge on any atom is 0.407 e. The first-order valence-electron chi connectivity index (χ1n) is 4.75. The van der Waals surface area contributed by atoms with Crippen molar-refractivity contribution in [1.82, 2.24) is 4.90 Å². The molecule has 0 radical (unpaired) electrons. The molecule has 1 heterocycles. The molecular formula is C9H16N2O2. The van der Waals surface area contributed by atoms with Gasteiger partial charge in [-0.25, -0.2) is 4.79 Å². The van der Waals surface area contributed by atoms with Gasteiger partial charge in [-0.05, 0) is 31.6 Å². The summed E-state index contributed by atoms with van der Waals surface area (Å²) in [6, 6.07) is 0. The first-order chi connectivity index (χ1) is 5.98. The third-order valence-corrected chi connectivity index (χ3v) is 3.30. The molecule has 4 heteroatoms. The van der Waals surface area contributed by atoms with E-state index in [1.807, 2.05) is 0 Å². The molecule has 2 aliphatic rings. The topological polar surface area (TPSA) is 66.6 Å². The van der Waals surface area contributed by atoms with E-state index in [0.717, 1.165) is 12.8 Å². The number of hydrogen-bond donors (Lipinski definition) is 2. The van der Waals surface area contributed by atoms with E-state index in [9.17, 15) is 4.79 Å². The lowest BCUT2D eigenvalue weighted by Gasteiger charge is -2.21. The lowest BCUT2D eigenvalue weighted by molar-refractivity contribution is 0.150. The molecule has 4 nitrogen and oxygen atoms in total. The number of nitrogens with zero attached hydrogens (tertiary/aromatic N) is 1. The van der Waals surface area contributed by atoms with Gasteiger partial charge in [0.2, 0.25) is 0 Å². The Morgan fingerprint density at radius 3 is 2.31 bits per heavy atom. The van der Waals surface area contributed by atoms with Gasteiger partial charge in [-0.3, -0.25) is 0 Å². The summed E-state index contributed by atoms with van der Waals surface area (Å²) in [5.41, 5.74) is 5.97. The van der Waals surface area contributed by atoms with Crippen LogP contribution in [-0.2, 0) is 0 Å². The summed E-state index contributed by atoms with van der Waals surface area (Å²) >= 11 is 0. The highest BCUT2D eigenvalue weighted by atomic mass is 16.4. The van der Waals surface area contributed by atoms with Crippen molar-refractivity contribution in [1.29, 1.82) is 0 Å². The van der Waals surface area contributed by atoms with Crippen molar-refractivity contribution < 1.29 is 9.90 Å². The normalized spacial score (nSPS) is 43.7. The first kappa shape index (κ1) is 8.81. The van der Waals surface area contributed by atoms with Crippen molar-refractivity contribution in [2.24, 2.45) is 17.6 Å². The molecular weight excluding hydrogens is 168 g/mol. The molecule has 3 atom stereocenters. The molecule has 1 amide bonds. The van der Waals surface area contributed by atoms with Crippen LogP contribution in [0.1, 0.15) is 19.8 Å². The number of rotatable bonds is 0. The quantitative estimate of drug-likeness (QED) is 0.583. The molecule has 1 saturated heterocycles. The second-order valence-electron chi connectivity index (χ2n) is 4.77. The van der Waals surface area contributed by atoms with Crippen LogP contribution in [-0.4, -0.2) is 34.7 Å². The lowest BCUT2D eigenvalue weighted by atomic mass is 10.0. The fourth-order valence-corrected chi connectivity index (χ4v) is 2.84. The predicted octanol–water partition coefficient (Wildman–Crippen LogP) is 0.724. The van der Waals surface area contributed by atoms with E-state index >= 15 is 0 Å². The summed E-state index contributed by atoms with van der Waals surface area (Å²) in [5.74, 6) is 1.01. The molecule has 13 heavy (non-hydrogen) atoms.